The van der Waals surface area contributed by atoms with E-state index in [2.05, 4.69) is 29.3 Å². The van der Waals surface area contributed by atoms with E-state index in [4.69, 9.17) is 0 Å². The molecular formula is C15H20N4OS. The molecule has 0 unspecified atom stereocenters. The molecule has 112 valence electrons. The second kappa shape index (κ2) is 6.30. The monoisotopic (exact) mass is 304 g/mol. The third-order valence-corrected chi connectivity index (χ3v) is 4.34. The summed E-state index contributed by atoms with van der Waals surface area (Å²) >= 11 is 1.42. The van der Waals surface area contributed by atoms with Crippen molar-refractivity contribution in [2.45, 2.75) is 24.3 Å². The molecule has 0 fully saturated rings. The molecule has 1 heterocycles. The zero-order valence-electron chi connectivity index (χ0n) is 13.0. The Balaban J connectivity index is 2.21. The van der Waals surface area contributed by atoms with E-state index in [-0.39, 0.29) is 11.2 Å². The van der Waals surface area contributed by atoms with Gasteiger partial charge in [-0.1, -0.05) is 41.6 Å². The van der Waals surface area contributed by atoms with Gasteiger partial charge in [-0.15, -0.1) is 10.2 Å². The highest BCUT2D eigenvalue weighted by atomic mass is 32.2. The summed E-state index contributed by atoms with van der Waals surface area (Å²) < 4.78 is 1.93. The van der Waals surface area contributed by atoms with E-state index in [0.717, 1.165) is 16.5 Å². The molecule has 1 aromatic carbocycles. The lowest BCUT2D eigenvalue weighted by molar-refractivity contribution is -0.127. The van der Waals surface area contributed by atoms with Crippen LogP contribution < -0.4 is 0 Å². The number of benzene rings is 1. The molecule has 0 bridgehead atoms. The molecule has 1 atom stereocenters. The van der Waals surface area contributed by atoms with Gasteiger partial charge < -0.3 is 9.47 Å². The van der Waals surface area contributed by atoms with Gasteiger partial charge in [-0.25, -0.2) is 0 Å². The molecule has 2 rings (SSSR count). The van der Waals surface area contributed by atoms with E-state index in [0.29, 0.717) is 0 Å². The van der Waals surface area contributed by atoms with Gasteiger partial charge in [0.15, 0.2) is 11.0 Å². The molecule has 0 saturated heterocycles. The van der Waals surface area contributed by atoms with Crippen molar-refractivity contribution < 1.29 is 4.79 Å². The molecular weight excluding hydrogens is 284 g/mol. The van der Waals surface area contributed by atoms with Crippen molar-refractivity contribution in [1.29, 1.82) is 0 Å². The fourth-order valence-corrected chi connectivity index (χ4v) is 2.90. The van der Waals surface area contributed by atoms with Crippen LogP contribution in [0.2, 0.25) is 0 Å². The van der Waals surface area contributed by atoms with E-state index in [1.54, 1.807) is 19.0 Å². The summed E-state index contributed by atoms with van der Waals surface area (Å²) in [5, 5.41) is 9.00. The van der Waals surface area contributed by atoms with Crippen LogP contribution in [0.25, 0.3) is 11.4 Å². The van der Waals surface area contributed by atoms with Crippen molar-refractivity contribution in [3.63, 3.8) is 0 Å². The molecule has 0 aliphatic rings. The molecule has 6 heteroatoms. The average Bonchev–Trinajstić information content (AvgIpc) is 2.80. The Morgan fingerprint density at radius 1 is 1.24 bits per heavy atom. The number of thioether (sulfide) groups is 1. The van der Waals surface area contributed by atoms with E-state index in [1.807, 2.05) is 30.7 Å². The molecule has 0 radical (unpaired) electrons. The number of carbonyl (C=O) groups excluding carboxylic acids is 1. The normalized spacial score (nSPS) is 12.2. The first-order valence-electron chi connectivity index (χ1n) is 6.74. The van der Waals surface area contributed by atoms with Crippen molar-refractivity contribution >= 4 is 17.7 Å². The van der Waals surface area contributed by atoms with E-state index in [1.165, 1.54) is 17.3 Å². The Hall–Kier alpha value is -1.82. The molecule has 1 aromatic heterocycles. The lowest BCUT2D eigenvalue weighted by atomic mass is 10.1. The highest BCUT2D eigenvalue weighted by Crippen LogP contribution is 2.26. The molecule has 0 saturated carbocycles. The molecule has 0 spiro atoms. The van der Waals surface area contributed by atoms with Crippen molar-refractivity contribution in [2.24, 2.45) is 7.05 Å². The number of carbonyl (C=O) groups is 1. The average molecular weight is 304 g/mol. The summed E-state index contributed by atoms with van der Waals surface area (Å²) in [6, 6.07) is 8.16. The highest BCUT2D eigenvalue weighted by molar-refractivity contribution is 8.00. The van der Waals surface area contributed by atoms with Gasteiger partial charge in [0.1, 0.15) is 0 Å². The number of rotatable bonds is 4. The number of amides is 1. The summed E-state index contributed by atoms with van der Waals surface area (Å²) in [5.41, 5.74) is 2.23. The predicted octanol–water partition coefficient (Wildman–Crippen LogP) is 2.36. The lowest BCUT2D eigenvalue weighted by Crippen LogP contribution is -2.29. The quantitative estimate of drug-likeness (QED) is 0.814. The van der Waals surface area contributed by atoms with Gasteiger partial charge in [-0.05, 0) is 13.8 Å². The zero-order valence-corrected chi connectivity index (χ0v) is 13.8. The molecule has 0 aliphatic carbocycles. The van der Waals surface area contributed by atoms with Gasteiger partial charge in [0, 0.05) is 26.7 Å². The predicted molar refractivity (Wildman–Crippen MR) is 85.2 cm³/mol. The Labute approximate surface area is 129 Å². The van der Waals surface area contributed by atoms with Crippen LogP contribution in [-0.2, 0) is 11.8 Å². The summed E-state index contributed by atoms with van der Waals surface area (Å²) in [4.78, 5) is 13.5. The molecule has 5 nitrogen and oxygen atoms in total. The standard InChI is InChI=1S/C15H20N4OS/c1-10-6-8-12(9-7-10)13-16-17-15(19(13)5)21-11(2)14(20)18(3)4/h6-9,11H,1-5H3/t11-/m1/s1. The van der Waals surface area contributed by atoms with Crippen molar-refractivity contribution in [1.82, 2.24) is 19.7 Å². The minimum Gasteiger partial charge on any atom is -0.348 e. The van der Waals surface area contributed by atoms with E-state index < -0.39 is 0 Å². The second-order valence-corrected chi connectivity index (χ2v) is 6.53. The van der Waals surface area contributed by atoms with Crippen LogP contribution in [0.3, 0.4) is 0 Å². The Morgan fingerprint density at radius 2 is 1.86 bits per heavy atom. The number of aromatic nitrogens is 3. The first-order chi connectivity index (χ1) is 9.90. The van der Waals surface area contributed by atoms with Gasteiger partial charge in [-0.3, -0.25) is 4.79 Å². The van der Waals surface area contributed by atoms with Gasteiger partial charge in [0.05, 0.1) is 5.25 Å². The van der Waals surface area contributed by atoms with Gasteiger partial charge in [0.25, 0.3) is 0 Å². The minimum absolute atomic E-state index is 0.0693. The highest BCUT2D eigenvalue weighted by Gasteiger charge is 2.20. The molecule has 0 N–H and O–H groups in total. The second-order valence-electron chi connectivity index (χ2n) is 5.22. The van der Waals surface area contributed by atoms with Crippen LogP contribution in [0.15, 0.2) is 29.4 Å². The van der Waals surface area contributed by atoms with Crippen LogP contribution >= 0.6 is 11.8 Å². The van der Waals surface area contributed by atoms with Crippen LogP contribution in [0.5, 0.6) is 0 Å². The smallest absolute Gasteiger partial charge is 0.235 e. The van der Waals surface area contributed by atoms with Crippen LogP contribution in [0.1, 0.15) is 12.5 Å². The van der Waals surface area contributed by atoms with Crippen LogP contribution in [0.4, 0.5) is 0 Å². The Bertz CT molecular complexity index is 634. The maximum atomic E-state index is 11.9. The molecule has 21 heavy (non-hydrogen) atoms. The number of hydrogen-bond acceptors (Lipinski definition) is 4. The minimum atomic E-state index is -0.186. The fourth-order valence-electron chi connectivity index (χ4n) is 1.94. The van der Waals surface area contributed by atoms with Gasteiger partial charge >= 0.3 is 0 Å². The van der Waals surface area contributed by atoms with Crippen molar-refractivity contribution in [3.05, 3.63) is 29.8 Å². The Kier molecular flexibility index (Phi) is 4.67. The fraction of sp³-hybridized carbons (Fsp3) is 0.400. The third-order valence-electron chi connectivity index (χ3n) is 3.22. The van der Waals surface area contributed by atoms with E-state index >= 15 is 0 Å². The molecule has 0 aliphatic heterocycles. The molecule has 1 amide bonds. The summed E-state index contributed by atoms with van der Waals surface area (Å²) in [6.07, 6.45) is 0. The third kappa shape index (κ3) is 3.44. The maximum absolute atomic E-state index is 11.9. The van der Waals surface area contributed by atoms with Crippen LogP contribution in [0, 0.1) is 6.92 Å². The molecule has 2 aromatic rings. The first kappa shape index (κ1) is 15.6. The number of nitrogens with zero attached hydrogens (tertiary/aromatic N) is 4. The summed E-state index contributed by atoms with van der Waals surface area (Å²) in [5.74, 6) is 0.877. The Morgan fingerprint density at radius 3 is 2.43 bits per heavy atom. The van der Waals surface area contributed by atoms with E-state index in [9.17, 15) is 4.79 Å². The SMILES string of the molecule is Cc1ccc(-c2nnc(S[C@H](C)C(=O)N(C)C)n2C)cc1. The van der Waals surface area contributed by atoms with Crippen molar-refractivity contribution in [3.8, 4) is 11.4 Å². The largest absolute Gasteiger partial charge is 0.348 e. The van der Waals surface area contributed by atoms with Gasteiger partial charge in [0.2, 0.25) is 5.91 Å². The van der Waals surface area contributed by atoms with Gasteiger partial charge in [-0.2, -0.15) is 0 Å². The van der Waals surface area contributed by atoms with Crippen molar-refractivity contribution in [2.75, 3.05) is 14.1 Å². The van der Waals surface area contributed by atoms with Crippen LogP contribution in [-0.4, -0.2) is 44.9 Å². The maximum Gasteiger partial charge on any atom is 0.235 e. The topological polar surface area (TPSA) is 51.0 Å². The zero-order chi connectivity index (χ0) is 15.6. The summed E-state index contributed by atoms with van der Waals surface area (Å²) in [6.45, 7) is 3.93. The number of hydrogen-bond donors (Lipinski definition) is 0. The lowest BCUT2D eigenvalue weighted by Gasteiger charge is -2.15. The number of aryl methyl sites for hydroxylation is 1. The summed E-state index contributed by atoms with van der Waals surface area (Å²) in [7, 11) is 5.44. The first-order valence-corrected chi connectivity index (χ1v) is 7.62.